The number of rotatable bonds is 5. The Morgan fingerprint density at radius 1 is 0.241 bits per heavy atom. The van der Waals surface area contributed by atoms with Crippen LogP contribution in [-0.4, -0.2) is 9.13 Å². The number of hydrogen-bond donors (Lipinski definition) is 0. The highest BCUT2D eigenvalue weighted by Gasteiger charge is 2.53. The zero-order valence-corrected chi connectivity index (χ0v) is 45.1. The van der Waals surface area contributed by atoms with Gasteiger partial charge < -0.3 is 14.0 Å². The Labute approximate surface area is 480 Å². The van der Waals surface area contributed by atoms with Gasteiger partial charge in [0.15, 0.2) is 0 Å². The van der Waals surface area contributed by atoms with Crippen LogP contribution >= 0.6 is 0 Å². The molecule has 0 saturated carbocycles. The monoisotopic (exact) mass is 1050 g/mol. The summed E-state index contributed by atoms with van der Waals surface area (Å²) in [5, 5.41) is 5.08. The van der Waals surface area contributed by atoms with Crippen LogP contribution in [0.1, 0.15) is 44.5 Å². The van der Waals surface area contributed by atoms with Gasteiger partial charge in [0.2, 0.25) is 0 Å². The lowest BCUT2D eigenvalue weighted by molar-refractivity contribution is 0.748. The molecule has 19 rings (SSSR count). The third-order valence-corrected chi connectivity index (χ3v) is 19.3. The molecule has 384 valence electrons. The van der Waals surface area contributed by atoms with E-state index in [1.54, 1.807) is 0 Å². The molecule has 3 aliphatic carbocycles. The lowest BCUT2D eigenvalue weighted by Gasteiger charge is -2.40. The van der Waals surface area contributed by atoms with E-state index in [-0.39, 0.29) is 0 Å². The smallest absolute Gasteiger partial charge is 0.0755 e. The van der Waals surface area contributed by atoms with Crippen molar-refractivity contribution in [2.45, 2.75) is 10.8 Å². The fourth-order valence-corrected chi connectivity index (χ4v) is 16.2. The Kier molecular flexibility index (Phi) is 8.92. The van der Waals surface area contributed by atoms with Gasteiger partial charge in [0.25, 0.3) is 0 Å². The molecule has 4 aliphatic rings. The van der Waals surface area contributed by atoms with Crippen molar-refractivity contribution < 1.29 is 0 Å². The van der Waals surface area contributed by atoms with Gasteiger partial charge in [-0.15, -0.1) is 0 Å². The van der Waals surface area contributed by atoms with E-state index in [4.69, 9.17) is 0 Å². The highest BCUT2D eigenvalue weighted by atomic mass is 15.1. The van der Waals surface area contributed by atoms with Gasteiger partial charge in [-0.25, -0.2) is 0 Å². The first-order valence-corrected chi connectivity index (χ1v) is 29.0. The van der Waals surface area contributed by atoms with E-state index in [0.29, 0.717) is 0 Å². The highest BCUT2D eigenvalue weighted by Crippen LogP contribution is 2.65. The van der Waals surface area contributed by atoms with E-state index in [0.717, 1.165) is 28.3 Å². The lowest BCUT2D eigenvalue weighted by Crippen LogP contribution is -2.33. The second-order valence-electron chi connectivity index (χ2n) is 23.0. The third-order valence-electron chi connectivity index (χ3n) is 19.3. The van der Waals surface area contributed by atoms with Crippen LogP contribution in [0.5, 0.6) is 0 Å². The Morgan fingerprint density at radius 2 is 0.602 bits per heavy atom. The normalized spacial score (nSPS) is 15.1. The molecule has 0 amide bonds. The summed E-state index contributed by atoms with van der Waals surface area (Å²) in [5.74, 6) is 0. The maximum atomic E-state index is 2.54. The maximum absolute atomic E-state index is 2.54. The summed E-state index contributed by atoms with van der Waals surface area (Å²) in [6, 6.07) is 112. The van der Waals surface area contributed by atoms with E-state index in [1.807, 2.05) is 0 Å². The minimum Gasteiger partial charge on any atom is -0.310 e. The molecule has 0 saturated heterocycles. The van der Waals surface area contributed by atoms with Crippen molar-refractivity contribution in [3.8, 4) is 55.9 Å². The predicted octanol–water partition coefficient (Wildman–Crippen LogP) is 20.0. The first-order chi connectivity index (χ1) is 41.2. The topological polar surface area (TPSA) is 13.1 Å². The fourth-order valence-electron chi connectivity index (χ4n) is 16.2. The van der Waals surface area contributed by atoms with E-state index in [9.17, 15) is 0 Å². The molecule has 1 unspecified atom stereocenters. The first-order valence-electron chi connectivity index (χ1n) is 29.0. The van der Waals surface area contributed by atoms with Crippen molar-refractivity contribution in [2.75, 3.05) is 4.90 Å². The van der Waals surface area contributed by atoms with E-state index < -0.39 is 10.8 Å². The standard InChI is InChI=1S/C80H49N3/c1-8-26-66-56(18-1)57-19-2-9-27-67(57)79(66)68-28-10-3-20-58(68)60-46-44-54(48-72(60)79)81(52-40-36-50(37-41-52)51-38-42-53(43-39-51)82-74-32-13-5-22-62(74)63-23-6-14-33-75(63)82)55-45-47-61-59-21-4-11-29-69(59)80(73(61)49-55)70-30-12-16-35-77(70)83-76-34-15-7-24-64(76)65-25-17-31-71(80)78(65)83/h1-49H. The molecule has 3 nitrogen and oxygen atoms in total. The van der Waals surface area contributed by atoms with Crippen LogP contribution in [0.2, 0.25) is 0 Å². The number of benzene rings is 13. The van der Waals surface area contributed by atoms with Gasteiger partial charge in [0.05, 0.1) is 38.6 Å². The Hall–Kier alpha value is -10.7. The minimum absolute atomic E-state index is 0.497. The molecule has 0 bridgehead atoms. The third kappa shape index (κ3) is 5.68. The summed E-state index contributed by atoms with van der Waals surface area (Å²) in [6.07, 6.45) is 0. The average Bonchev–Trinajstić information content (AvgIpc) is 1.81. The molecule has 1 aliphatic heterocycles. The molecule has 15 aromatic rings. The largest absolute Gasteiger partial charge is 0.310 e. The van der Waals surface area contributed by atoms with Crippen molar-refractivity contribution >= 4 is 60.7 Å². The summed E-state index contributed by atoms with van der Waals surface area (Å²) in [7, 11) is 0. The number of hydrogen-bond acceptors (Lipinski definition) is 1. The summed E-state index contributed by atoms with van der Waals surface area (Å²) in [4.78, 5) is 2.53. The fraction of sp³-hybridized carbons (Fsp3) is 0.0250. The Balaban J connectivity index is 0.831. The Morgan fingerprint density at radius 3 is 1.12 bits per heavy atom. The van der Waals surface area contributed by atoms with E-state index in [1.165, 1.54) is 133 Å². The zero-order valence-electron chi connectivity index (χ0n) is 45.1. The molecule has 0 radical (unpaired) electrons. The van der Waals surface area contributed by atoms with Gasteiger partial charge in [-0.05, 0) is 162 Å². The van der Waals surface area contributed by atoms with Crippen LogP contribution in [0.15, 0.2) is 297 Å². The van der Waals surface area contributed by atoms with E-state index >= 15 is 0 Å². The number of aromatic nitrogens is 2. The molecule has 0 N–H and O–H groups in total. The van der Waals surface area contributed by atoms with E-state index in [2.05, 4.69) is 311 Å². The summed E-state index contributed by atoms with van der Waals surface area (Å²) < 4.78 is 4.93. The van der Waals surface area contributed by atoms with Crippen LogP contribution in [0.3, 0.4) is 0 Å². The molecule has 1 atom stereocenters. The lowest BCUT2D eigenvalue weighted by atomic mass is 9.65. The number of para-hydroxylation sites is 5. The summed E-state index contributed by atoms with van der Waals surface area (Å²) >= 11 is 0. The summed E-state index contributed by atoms with van der Waals surface area (Å²) in [6.45, 7) is 0. The molecule has 2 aromatic heterocycles. The van der Waals surface area contributed by atoms with Crippen molar-refractivity contribution in [3.63, 3.8) is 0 Å². The first kappa shape index (κ1) is 45.0. The van der Waals surface area contributed by atoms with Gasteiger partial charge >= 0.3 is 0 Å². The van der Waals surface area contributed by atoms with Crippen LogP contribution in [0.25, 0.3) is 99.5 Å². The number of anilines is 3. The average molecular weight is 1050 g/mol. The quantitative estimate of drug-likeness (QED) is 0.167. The molecular weight excluding hydrogens is 1000 g/mol. The van der Waals surface area contributed by atoms with Crippen LogP contribution in [0.4, 0.5) is 17.1 Å². The van der Waals surface area contributed by atoms with Crippen molar-refractivity contribution in [2.24, 2.45) is 0 Å². The van der Waals surface area contributed by atoms with Gasteiger partial charge in [0, 0.05) is 44.3 Å². The molecule has 3 heterocycles. The van der Waals surface area contributed by atoms with Crippen molar-refractivity contribution in [1.82, 2.24) is 9.13 Å². The van der Waals surface area contributed by atoms with Crippen LogP contribution in [-0.2, 0) is 10.8 Å². The highest BCUT2D eigenvalue weighted by molar-refractivity contribution is 6.13. The summed E-state index contributed by atoms with van der Waals surface area (Å²) in [5.41, 5.74) is 30.1. The number of nitrogens with zero attached hydrogens (tertiary/aromatic N) is 3. The van der Waals surface area contributed by atoms with Gasteiger partial charge in [-0.1, -0.05) is 224 Å². The van der Waals surface area contributed by atoms with Gasteiger partial charge in [-0.2, -0.15) is 0 Å². The zero-order chi connectivity index (χ0) is 54.1. The van der Waals surface area contributed by atoms with Crippen molar-refractivity contribution in [3.05, 3.63) is 342 Å². The minimum atomic E-state index is -0.607. The molecule has 0 fully saturated rings. The van der Waals surface area contributed by atoms with Crippen LogP contribution in [0, 0.1) is 0 Å². The second-order valence-corrected chi connectivity index (χ2v) is 23.0. The van der Waals surface area contributed by atoms with Gasteiger partial charge in [0.1, 0.15) is 0 Å². The molecular formula is C80H49N3. The molecule has 3 heteroatoms. The SMILES string of the molecule is c1ccc2c(c1)-c1ccccc1C21c2ccccc2-c2ccc(N(c3ccc(-c4ccc(-n5c6ccccc6c6ccccc65)cc4)cc3)c3ccc4c(c3)C3(c5ccccc5-4)c4ccccc4-n4c5ccccc5c5cccc3c54)cc21. The van der Waals surface area contributed by atoms with Gasteiger partial charge in [-0.3, -0.25) is 0 Å². The molecule has 2 spiro atoms. The van der Waals surface area contributed by atoms with Crippen LogP contribution < -0.4 is 4.90 Å². The maximum Gasteiger partial charge on any atom is 0.0755 e. The Bertz CT molecular complexity index is 5170. The number of fused-ring (bicyclic) bond motifs is 25. The molecule has 13 aromatic carbocycles. The molecule has 83 heavy (non-hydrogen) atoms. The van der Waals surface area contributed by atoms with Crippen molar-refractivity contribution in [1.29, 1.82) is 0 Å². The predicted molar refractivity (Wildman–Crippen MR) is 342 cm³/mol. The second kappa shape index (κ2) is 16.4.